The number of nitrogens with zero attached hydrogens (tertiary/aromatic N) is 3. The lowest BCUT2D eigenvalue weighted by atomic mass is 10.2. The van der Waals surface area contributed by atoms with E-state index < -0.39 is 5.97 Å². The van der Waals surface area contributed by atoms with Gasteiger partial charge in [-0.2, -0.15) is 0 Å². The van der Waals surface area contributed by atoms with Gasteiger partial charge in [0, 0.05) is 38.3 Å². The number of aromatic nitrogens is 1. The molecule has 2 heterocycles. The minimum atomic E-state index is -0.736. The van der Waals surface area contributed by atoms with Crippen LogP contribution in [0.25, 0.3) is 11.3 Å². The molecule has 6 nitrogen and oxygen atoms in total. The van der Waals surface area contributed by atoms with Crippen molar-refractivity contribution >= 4 is 5.97 Å². The highest BCUT2D eigenvalue weighted by Crippen LogP contribution is 2.20. The van der Waals surface area contributed by atoms with Crippen LogP contribution in [0.1, 0.15) is 12.3 Å². The van der Waals surface area contributed by atoms with Gasteiger partial charge < -0.3 is 14.4 Å². The maximum atomic E-state index is 10.6. The summed E-state index contributed by atoms with van der Waals surface area (Å²) in [6, 6.07) is 9.95. The van der Waals surface area contributed by atoms with Crippen molar-refractivity contribution in [1.82, 2.24) is 14.8 Å². The number of rotatable bonds is 6. The largest absolute Gasteiger partial charge is 0.481 e. The fourth-order valence-electron chi connectivity index (χ4n) is 2.74. The van der Waals surface area contributed by atoms with Crippen LogP contribution < -0.4 is 0 Å². The highest BCUT2D eigenvalue weighted by molar-refractivity contribution is 5.66. The summed E-state index contributed by atoms with van der Waals surface area (Å²) in [7, 11) is 0. The van der Waals surface area contributed by atoms with Gasteiger partial charge in [0.1, 0.15) is 0 Å². The minimum Gasteiger partial charge on any atom is -0.481 e. The number of piperazine rings is 1. The first-order chi connectivity index (χ1) is 11.2. The van der Waals surface area contributed by atoms with E-state index in [1.165, 1.54) is 0 Å². The lowest BCUT2D eigenvalue weighted by Crippen LogP contribution is -2.46. The molecule has 122 valence electrons. The van der Waals surface area contributed by atoms with Crippen molar-refractivity contribution in [2.75, 3.05) is 32.7 Å². The third kappa shape index (κ3) is 4.40. The number of hydrogen-bond acceptors (Lipinski definition) is 5. The molecule has 1 fully saturated rings. The van der Waals surface area contributed by atoms with Crippen molar-refractivity contribution in [3.05, 3.63) is 42.4 Å². The van der Waals surface area contributed by atoms with Gasteiger partial charge in [0.2, 0.25) is 5.89 Å². The quantitative estimate of drug-likeness (QED) is 0.878. The Kier molecular flexibility index (Phi) is 5.05. The van der Waals surface area contributed by atoms with Gasteiger partial charge in [-0.15, -0.1) is 0 Å². The van der Waals surface area contributed by atoms with Gasteiger partial charge in [-0.25, -0.2) is 4.98 Å². The number of carboxylic acid groups (broad SMARTS) is 1. The van der Waals surface area contributed by atoms with Crippen molar-refractivity contribution in [2.45, 2.75) is 13.0 Å². The maximum absolute atomic E-state index is 10.6. The lowest BCUT2D eigenvalue weighted by Gasteiger charge is -2.33. The van der Waals surface area contributed by atoms with Crippen LogP contribution in [0.3, 0.4) is 0 Å². The normalized spacial score (nSPS) is 16.5. The van der Waals surface area contributed by atoms with Crippen LogP contribution in [0.15, 0.2) is 40.9 Å². The smallest absolute Gasteiger partial charge is 0.304 e. The topological polar surface area (TPSA) is 69.8 Å². The highest BCUT2D eigenvalue weighted by Gasteiger charge is 2.19. The second kappa shape index (κ2) is 7.39. The Balaban J connectivity index is 1.50. The summed E-state index contributed by atoms with van der Waals surface area (Å²) in [5, 5.41) is 8.73. The van der Waals surface area contributed by atoms with Crippen LogP contribution in [-0.4, -0.2) is 58.6 Å². The van der Waals surface area contributed by atoms with Gasteiger partial charge in [0.05, 0.1) is 19.2 Å². The van der Waals surface area contributed by atoms with E-state index in [1.54, 1.807) is 6.20 Å². The molecule has 0 atom stereocenters. The standard InChI is InChI=1S/C17H21N3O3/c21-17(22)6-7-19-8-10-20(11-9-19)13-16-18-12-15(23-16)14-4-2-1-3-5-14/h1-5,12H,6-11,13H2,(H,21,22). The van der Waals surface area contributed by atoms with Crippen molar-refractivity contribution in [2.24, 2.45) is 0 Å². The Morgan fingerprint density at radius 1 is 1.13 bits per heavy atom. The summed E-state index contributed by atoms with van der Waals surface area (Å²) in [6.45, 7) is 4.91. The number of oxazole rings is 1. The van der Waals surface area contributed by atoms with Gasteiger partial charge in [0.25, 0.3) is 0 Å². The van der Waals surface area contributed by atoms with Crippen LogP contribution in [-0.2, 0) is 11.3 Å². The third-order valence-electron chi connectivity index (χ3n) is 4.08. The Labute approximate surface area is 135 Å². The summed E-state index contributed by atoms with van der Waals surface area (Å²) in [4.78, 5) is 19.5. The number of benzene rings is 1. The van der Waals surface area contributed by atoms with Gasteiger partial charge in [0.15, 0.2) is 5.76 Å². The van der Waals surface area contributed by atoms with E-state index in [-0.39, 0.29) is 6.42 Å². The molecule has 0 amide bonds. The molecule has 0 radical (unpaired) electrons. The molecule has 1 N–H and O–H groups in total. The van der Waals surface area contributed by atoms with E-state index in [2.05, 4.69) is 14.8 Å². The van der Waals surface area contributed by atoms with E-state index in [1.807, 2.05) is 30.3 Å². The first-order valence-corrected chi connectivity index (χ1v) is 7.87. The Morgan fingerprint density at radius 2 is 1.83 bits per heavy atom. The Morgan fingerprint density at radius 3 is 2.52 bits per heavy atom. The molecule has 6 heteroatoms. The number of aliphatic carboxylic acids is 1. The van der Waals surface area contributed by atoms with Crippen molar-refractivity contribution in [3.63, 3.8) is 0 Å². The van der Waals surface area contributed by atoms with Crippen molar-refractivity contribution < 1.29 is 14.3 Å². The number of carbonyl (C=O) groups is 1. The SMILES string of the molecule is O=C(O)CCN1CCN(Cc2ncc(-c3ccccc3)o2)CC1. The van der Waals surface area contributed by atoms with Crippen molar-refractivity contribution in [1.29, 1.82) is 0 Å². The van der Waals surface area contributed by atoms with E-state index in [4.69, 9.17) is 9.52 Å². The zero-order valence-corrected chi connectivity index (χ0v) is 13.0. The predicted octanol–water partition coefficient (Wildman–Crippen LogP) is 1.93. The molecule has 23 heavy (non-hydrogen) atoms. The van der Waals surface area contributed by atoms with Crippen molar-refractivity contribution in [3.8, 4) is 11.3 Å². The van der Waals surface area contributed by atoms with Crippen LogP contribution >= 0.6 is 0 Å². The summed E-state index contributed by atoms with van der Waals surface area (Å²) in [6.07, 6.45) is 1.98. The van der Waals surface area contributed by atoms with E-state index >= 15 is 0 Å². The summed E-state index contributed by atoms with van der Waals surface area (Å²) >= 11 is 0. The first kappa shape index (κ1) is 15.7. The van der Waals surface area contributed by atoms with Crippen LogP contribution in [0.2, 0.25) is 0 Å². The number of hydrogen-bond donors (Lipinski definition) is 1. The molecule has 1 aliphatic heterocycles. The third-order valence-corrected chi connectivity index (χ3v) is 4.08. The van der Waals surface area contributed by atoms with Gasteiger partial charge in [-0.1, -0.05) is 30.3 Å². The molecule has 0 aliphatic carbocycles. The fraction of sp³-hybridized carbons (Fsp3) is 0.412. The molecule has 3 rings (SSSR count). The summed E-state index contributed by atoms with van der Waals surface area (Å²) < 4.78 is 5.83. The molecule has 0 saturated carbocycles. The van der Waals surface area contributed by atoms with E-state index in [0.29, 0.717) is 13.1 Å². The molecule has 0 spiro atoms. The molecule has 1 aromatic heterocycles. The van der Waals surface area contributed by atoms with Gasteiger partial charge in [-0.3, -0.25) is 9.69 Å². The molecule has 1 aromatic carbocycles. The van der Waals surface area contributed by atoms with E-state index in [0.717, 1.165) is 43.4 Å². The predicted molar refractivity (Wildman–Crippen MR) is 85.9 cm³/mol. The molecular formula is C17H21N3O3. The Hall–Kier alpha value is -2.18. The monoisotopic (exact) mass is 315 g/mol. The molecular weight excluding hydrogens is 294 g/mol. The minimum absolute atomic E-state index is 0.209. The maximum Gasteiger partial charge on any atom is 0.304 e. The second-order valence-electron chi connectivity index (χ2n) is 5.75. The summed E-state index contributed by atoms with van der Waals surface area (Å²) in [5.74, 6) is 0.782. The van der Waals surface area contributed by atoms with Crippen LogP contribution in [0, 0.1) is 0 Å². The average molecular weight is 315 g/mol. The molecule has 1 aliphatic rings. The zero-order chi connectivity index (χ0) is 16.1. The molecule has 0 unspecified atom stereocenters. The average Bonchev–Trinajstić information content (AvgIpc) is 3.03. The number of carboxylic acids is 1. The molecule has 0 bridgehead atoms. The first-order valence-electron chi connectivity index (χ1n) is 7.87. The second-order valence-corrected chi connectivity index (χ2v) is 5.75. The van der Waals surface area contributed by atoms with Gasteiger partial charge in [-0.05, 0) is 0 Å². The molecule has 2 aromatic rings. The Bertz CT molecular complexity index is 634. The van der Waals surface area contributed by atoms with E-state index in [9.17, 15) is 4.79 Å². The van der Waals surface area contributed by atoms with Gasteiger partial charge >= 0.3 is 5.97 Å². The highest BCUT2D eigenvalue weighted by atomic mass is 16.4. The van der Waals surface area contributed by atoms with Crippen LogP contribution in [0.4, 0.5) is 0 Å². The lowest BCUT2D eigenvalue weighted by molar-refractivity contribution is -0.137. The molecule has 1 saturated heterocycles. The fourth-order valence-corrected chi connectivity index (χ4v) is 2.74. The zero-order valence-electron chi connectivity index (χ0n) is 13.0. The summed E-state index contributed by atoms with van der Waals surface area (Å²) in [5.41, 5.74) is 1.03. The van der Waals surface area contributed by atoms with Crippen LogP contribution in [0.5, 0.6) is 0 Å².